The smallest absolute Gasteiger partial charge is 0.0939 e. The first-order valence-corrected chi connectivity index (χ1v) is 9.00. The second-order valence-corrected chi connectivity index (χ2v) is 6.60. The van der Waals surface area contributed by atoms with Crippen LogP contribution in [0.1, 0.15) is 63.6 Å². The molecule has 0 fully saturated rings. The van der Waals surface area contributed by atoms with Gasteiger partial charge in [0.05, 0.1) is 11.2 Å². The van der Waals surface area contributed by atoms with Crippen LogP contribution in [0, 0.1) is 0 Å². The van der Waals surface area contributed by atoms with Crippen LogP contribution in [0.4, 0.5) is 5.69 Å². The quantitative estimate of drug-likeness (QED) is 0.762. The molecule has 0 saturated heterocycles. The molecule has 0 bridgehead atoms. The number of hydrogen-bond donors (Lipinski definition) is 1. The fraction of sp³-hybridized carbons (Fsp3) is 0.550. The third-order valence-corrected chi connectivity index (χ3v) is 4.81. The minimum absolute atomic E-state index is 0.624. The topological polar surface area (TPSA) is 24.9 Å². The normalized spacial score (nSPS) is 17.3. The van der Waals surface area contributed by atoms with E-state index in [1.165, 1.54) is 72.8 Å². The lowest BCUT2D eigenvalue weighted by Crippen LogP contribution is -2.25. The second kappa shape index (κ2) is 7.13. The summed E-state index contributed by atoms with van der Waals surface area (Å²) in [6, 6.07) is 9.58. The Kier molecular flexibility index (Phi) is 4.97. The van der Waals surface area contributed by atoms with Crippen LogP contribution < -0.4 is 5.32 Å². The number of nitrogens with one attached hydrogen (secondary N) is 1. The zero-order valence-corrected chi connectivity index (χ0v) is 14.0. The average Bonchev–Trinajstić information content (AvgIpc) is 2.57. The third kappa shape index (κ3) is 3.26. The van der Waals surface area contributed by atoms with Gasteiger partial charge in [0.25, 0.3) is 0 Å². The van der Waals surface area contributed by atoms with Gasteiger partial charge in [-0.05, 0) is 43.7 Å². The molecule has 0 unspecified atom stereocenters. The molecule has 0 spiro atoms. The highest BCUT2D eigenvalue weighted by atomic mass is 14.9. The van der Waals surface area contributed by atoms with Gasteiger partial charge < -0.3 is 5.32 Å². The van der Waals surface area contributed by atoms with E-state index in [0.717, 1.165) is 6.42 Å². The molecular weight excluding hydrogens is 268 g/mol. The van der Waals surface area contributed by atoms with Crippen molar-refractivity contribution in [2.75, 3.05) is 5.32 Å². The van der Waals surface area contributed by atoms with E-state index in [0.29, 0.717) is 6.04 Å². The zero-order chi connectivity index (χ0) is 15.4. The summed E-state index contributed by atoms with van der Waals surface area (Å²) in [4.78, 5) is 4.98. The molecular formula is C20H28N2. The van der Waals surface area contributed by atoms with Crippen molar-refractivity contribution in [3.05, 3.63) is 35.5 Å². The van der Waals surface area contributed by atoms with E-state index in [2.05, 4.69) is 43.4 Å². The highest BCUT2D eigenvalue weighted by molar-refractivity contribution is 5.92. The molecule has 1 atom stereocenters. The monoisotopic (exact) mass is 296 g/mol. The summed E-state index contributed by atoms with van der Waals surface area (Å²) < 4.78 is 0. The zero-order valence-electron chi connectivity index (χ0n) is 14.0. The minimum atomic E-state index is 0.624. The van der Waals surface area contributed by atoms with E-state index >= 15 is 0 Å². The van der Waals surface area contributed by atoms with Crippen LogP contribution in [0.25, 0.3) is 10.9 Å². The molecule has 1 aliphatic heterocycles. The Morgan fingerprint density at radius 2 is 1.91 bits per heavy atom. The van der Waals surface area contributed by atoms with Crippen molar-refractivity contribution < 1.29 is 0 Å². The molecule has 0 saturated carbocycles. The number of hydrogen-bond acceptors (Lipinski definition) is 2. The summed E-state index contributed by atoms with van der Waals surface area (Å²) in [7, 11) is 0. The Morgan fingerprint density at radius 3 is 2.73 bits per heavy atom. The first-order chi connectivity index (χ1) is 10.8. The van der Waals surface area contributed by atoms with Crippen molar-refractivity contribution in [1.29, 1.82) is 0 Å². The van der Waals surface area contributed by atoms with Crippen LogP contribution in [0.5, 0.6) is 0 Å². The molecule has 1 N–H and O–H groups in total. The lowest BCUT2D eigenvalue weighted by atomic mass is 9.93. The van der Waals surface area contributed by atoms with Crippen molar-refractivity contribution in [2.45, 2.75) is 71.3 Å². The van der Waals surface area contributed by atoms with Crippen molar-refractivity contribution >= 4 is 16.6 Å². The van der Waals surface area contributed by atoms with E-state index in [9.17, 15) is 0 Å². The number of unbranched alkanes of at least 4 members (excludes halogenated alkanes) is 2. The maximum atomic E-state index is 4.98. The average molecular weight is 296 g/mol. The molecule has 2 aromatic rings. The predicted molar refractivity (Wildman–Crippen MR) is 95.6 cm³/mol. The summed E-state index contributed by atoms with van der Waals surface area (Å²) in [5.74, 6) is 0. The molecule has 118 valence electrons. The lowest BCUT2D eigenvalue weighted by Gasteiger charge is -2.28. The van der Waals surface area contributed by atoms with Gasteiger partial charge in [0.15, 0.2) is 0 Å². The fourth-order valence-corrected chi connectivity index (χ4v) is 3.41. The van der Waals surface area contributed by atoms with E-state index < -0.39 is 0 Å². The number of nitrogens with zero attached hydrogens (tertiary/aromatic N) is 1. The number of pyridine rings is 1. The minimum Gasteiger partial charge on any atom is -0.380 e. The Hall–Kier alpha value is -1.57. The van der Waals surface area contributed by atoms with E-state index in [1.807, 2.05) is 0 Å². The van der Waals surface area contributed by atoms with Gasteiger partial charge in [0.2, 0.25) is 0 Å². The molecule has 0 aliphatic carbocycles. The predicted octanol–water partition coefficient (Wildman–Crippen LogP) is 5.49. The number of rotatable bonds is 6. The molecule has 1 aromatic carbocycles. The molecule has 1 aromatic heterocycles. The van der Waals surface area contributed by atoms with Gasteiger partial charge in [0, 0.05) is 17.1 Å². The second-order valence-electron chi connectivity index (χ2n) is 6.60. The van der Waals surface area contributed by atoms with Crippen LogP contribution in [0.2, 0.25) is 0 Å². The van der Waals surface area contributed by atoms with Gasteiger partial charge in [-0.15, -0.1) is 0 Å². The first kappa shape index (κ1) is 15.3. The molecule has 0 radical (unpaired) electrons. The van der Waals surface area contributed by atoms with Gasteiger partial charge in [0.1, 0.15) is 0 Å². The summed E-state index contributed by atoms with van der Waals surface area (Å²) in [5, 5.41) is 5.06. The van der Waals surface area contributed by atoms with Gasteiger partial charge in [-0.2, -0.15) is 0 Å². The van der Waals surface area contributed by atoms with Crippen molar-refractivity contribution in [2.24, 2.45) is 0 Å². The molecule has 2 nitrogen and oxygen atoms in total. The number of benzene rings is 1. The Labute approximate surface area is 134 Å². The van der Waals surface area contributed by atoms with Crippen LogP contribution in [0.3, 0.4) is 0 Å². The van der Waals surface area contributed by atoms with Gasteiger partial charge in [-0.3, -0.25) is 4.98 Å². The highest BCUT2D eigenvalue weighted by Crippen LogP contribution is 2.33. The molecule has 2 heteroatoms. The van der Waals surface area contributed by atoms with E-state index in [4.69, 9.17) is 4.98 Å². The van der Waals surface area contributed by atoms with Crippen molar-refractivity contribution in [3.63, 3.8) is 0 Å². The Morgan fingerprint density at radius 1 is 1.09 bits per heavy atom. The number of aryl methyl sites for hydroxylation is 2. The van der Waals surface area contributed by atoms with Gasteiger partial charge >= 0.3 is 0 Å². The van der Waals surface area contributed by atoms with Gasteiger partial charge in [-0.25, -0.2) is 0 Å². The highest BCUT2D eigenvalue weighted by Gasteiger charge is 2.19. The summed E-state index contributed by atoms with van der Waals surface area (Å²) >= 11 is 0. The molecule has 1 aliphatic rings. The maximum Gasteiger partial charge on any atom is 0.0939 e. The van der Waals surface area contributed by atoms with Crippen LogP contribution in [-0.4, -0.2) is 11.0 Å². The summed E-state index contributed by atoms with van der Waals surface area (Å²) in [5.41, 5.74) is 5.18. The summed E-state index contributed by atoms with van der Waals surface area (Å²) in [6.07, 6.45) is 9.86. The maximum absolute atomic E-state index is 4.98. The van der Waals surface area contributed by atoms with E-state index in [-0.39, 0.29) is 0 Å². The number of aromatic nitrogens is 1. The van der Waals surface area contributed by atoms with Crippen LogP contribution in [-0.2, 0) is 12.8 Å². The van der Waals surface area contributed by atoms with E-state index in [1.54, 1.807) is 0 Å². The first-order valence-electron chi connectivity index (χ1n) is 9.00. The van der Waals surface area contributed by atoms with Crippen LogP contribution >= 0.6 is 0 Å². The van der Waals surface area contributed by atoms with Crippen molar-refractivity contribution in [1.82, 2.24) is 4.98 Å². The molecule has 22 heavy (non-hydrogen) atoms. The molecule has 0 amide bonds. The fourth-order valence-electron chi connectivity index (χ4n) is 3.41. The SMILES string of the molecule is CCCCc1ccc2ccc3c(c2n1)N[C@H](CCCC)CC3. The molecule has 3 rings (SSSR count). The Balaban J connectivity index is 1.91. The van der Waals surface area contributed by atoms with Crippen LogP contribution in [0.15, 0.2) is 24.3 Å². The number of anilines is 1. The lowest BCUT2D eigenvalue weighted by molar-refractivity contribution is 0.558. The Bertz CT molecular complexity index is 633. The van der Waals surface area contributed by atoms with Crippen molar-refractivity contribution in [3.8, 4) is 0 Å². The third-order valence-electron chi connectivity index (χ3n) is 4.81. The number of fused-ring (bicyclic) bond motifs is 3. The van der Waals surface area contributed by atoms with Gasteiger partial charge in [-0.1, -0.05) is 51.3 Å². The summed E-state index contributed by atoms with van der Waals surface area (Å²) in [6.45, 7) is 4.51. The standard InChI is InChI=1S/C20H28N2/c1-3-5-7-17-13-11-15-9-10-16-12-14-18(8-6-4-2)22-20(16)19(15)21-17/h9-11,13,18,22H,3-8,12,14H2,1-2H3/t18-/m1/s1. The largest absolute Gasteiger partial charge is 0.380 e. The molecule has 2 heterocycles.